The van der Waals surface area contributed by atoms with Crippen LogP contribution in [-0.4, -0.2) is 12.6 Å². The zero-order chi connectivity index (χ0) is 45.7. The van der Waals surface area contributed by atoms with Crippen LogP contribution >= 0.6 is 0 Å². The van der Waals surface area contributed by atoms with Crippen molar-refractivity contribution in [3.8, 4) is 27.9 Å². The van der Waals surface area contributed by atoms with Crippen LogP contribution in [0.4, 0.5) is 0 Å². The lowest BCUT2D eigenvalue weighted by atomic mass is 9.60. The molecule has 2 atom stereocenters. The van der Waals surface area contributed by atoms with Gasteiger partial charge >= 0.3 is 0 Å². The Labute approximate surface area is 380 Å². The Morgan fingerprint density at radius 2 is 0.859 bits per heavy atom. The van der Waals surface area contributed by atoms with Crippen molar-refractivity contribution in [1.29, 1.82) is 0 Å². The number of hydrogen-bond donors (Lipinski definition) is 0. The Morgan fingerprint density at radius 3 is 1.55 bits per heavy atom. The van der Waals surface area contributed by atoms with Gasteiger partial charge in [0.05, 0.1) is 22.2 Å². The van der Waals surface area contributed by atoms with Crippen molar-refractivity contribution in [2.45, 2.75) is 11.8 Å². The molecule has 1 nitrogen and oxygen atoms in total. The van der Waals surface area contributed by atoms with Crippen LogP contribution in [0.5, 0.6) is 0 Å². The molecule has 300 valence electrons. The molecule has 14 rings (SSSR count). The molecule has 2 unspecified atom stereocenters. The molecule has 11 aromatic rings. The second-order valence-corrected chi connectivity index (χ2v) is 20.9. The summed E-state index contributed by atoms with van der Waals surface area (Å²) >= 11 is 0. The number of nitrogens with zero attached hydrogens (tertiary/aromatic N) is 1. The minimum Gasteiger partial charge on any atom is -0.309 e. The normalized spacial score (nSPS) is 15.8. The van der Waals surface area contributed by atoms with Gasteiger partial charge in [0.2, 0.25) is 0 Å². The summed E-state index contributed by atoms with van der Waals surface area (Å²) in [6.45, 7) is 0. The van der Waals surface area contributed by atoms with Crippen LogP contribution < -0.4 is 20.7 Å². The Balaban J connectivity index is 1.17. The molecule has 1 heterocycles. The molecular formula is C62H43NSi. The Hall–Kier alpha value is -7.78. The highest BCUT2D eigenvalue weighted by Crippen LogP contribution is 2.57. The number of aromatic nitrogens is 1. The molecule has 10 aromatic carbocycles. The molecule has 0 saturated heterocycles. The highest BCUT2D eigenvalue weighted by Gasteiger charge is 2.50. The lowest BCUT2D eigenvalue weighted by molar-refractivity contribution is 0.752. The van der Waals surface area contributed by atoms with E-state index < -0.39 is 8.07 Å². The van der Waals surface area contributed by atoms with E-state index in [0.29, 0.717) is 10.9 Å². The molecule has 64 heavy (non-hydrogen) atoms. The lowest BCUT2D eigenvalue weighted by Gasteiger charge is -2.47. The molecule has 0 amide bonds. The quantitative estimate of drug-likeness (QED) is 0.111. The van der Waals surface area contributed by atoms with Gasteiger partial charge in [0.15, 0.2) is 8.07 Å². The van der Waals surface area contributed by atoms with Gasteiger partial charge in [0.1, 0.15) is 0 Å². The average molecular weight is 834 g/mol. The first-order valence-electron chi connectivity index (χ1n) is 24.2. The smallest absolute Gasteiger partial charge is 0.179 e. The van der Waals surface area contributed by atoms with Crippen LogP contribution in [0.3, 0.4) is 0 Å². The van der Waals surface area contributed by atoms with Crippen molar-refractivity contribution in [1.82, 2.24) is 4.57 Å². The fourth-order valence-corrected chi connectivity index (χ4v) is 16.6. The van der Waals surface area contributed by atoms with Gasteiger partial charge in [-0.1, -0.05) is 230 Å². The number of fused-ring (bicyclic) bond motifs is 3. The van der Waals surface area contributed by atoms with Gasteiger partial charge in [-0.3, -0.25) is 0 Å². The molecule has 2 heteroatoms. The summed E-state index contributed by atoms with van der Waals surface area (Å²) in [4.78, 5) is 0. The molecule has 3 aliphatic carbocycles. The minimum atomic E-state index is -3.30. The maximum Gasteiger partial charge on any atom is 0.179 e. The van der Waals surface area contributed by atoms with E-state index in [-0.39, 0.29) is 36.0 Å². The first-order valence-corrected chi connectivity index (χ1v) is 24.2. The van der Waals surface area contributed by atoms with Crippen molar-refractivity contribution in [3.63, 3.8) is 0 Å². The predicted octanol–water partition coefficient (Wildman–Crippen LogP) is 12.5. The van der Waals surface area contributed by atoms with Gasteiger partial charge in [-0.2, -0.15) is 0 Å². The molecule has 0 saturated carbocycles. The van der Waals surface area contributed by atoms with Crippen molar-refractivity contribution in [2.24, 2.45) is 0 Å². The van der Waals surface area contributed by atoms with Gasteiger partial charge in [-0.05, 0) is 94.6 Å². The molecule has 0 N–H and O–H groups in total. The largest absolute Gasteiger partial charge is 0.309 e. The zero-order valence-electron chi connectivity index (χ0n) is 39.0. The third kappa shape index (κ3) is 5.36. The first-order chi connectivity index (χ1) is 33.4. The highest BCUT2D eigenvalue weighted by molar-refractivity contribution is 7.20. The second-order valence-electron chi connectivity index (χ2n) is 17.2. The van der Waals surface area contributed by atoms with Crippen molar-refractivity contribution < 1.29 is 5.48 Å². The monoisotopic (exact) mass is 833 g/mol. The number of rotatable bonds is 7. The predicted molar refractivity (Wildman–Crippen MR) is 270 cm³/mol. The fraction of sp³-hybridized carbons (Fsp3) is 0.0323. The van der Waals surface area contributed by atoms with E-state index in [1.165, 1.54) is 76.4 Å². The molecular weight excluding hydrogens is 787 g/mol. The standard InChI is InChI=1S/C62H43NSi/c1-4-20-42(21-5-1)44-24-16-28-47(40-44)64(46-26-8-3-9-27-46,48-29-17-25-45(41-48)43-22-6-2-7-23-43)58-39-19-35-54-59-51-32-10-11-33-52(51)62(61(54)58)60-53(59)34-18-38-57(60)63-55-36-14-12-30-49(55)50-31-13-15-37-56(50)63/h1-41,59,62H/i12D,14D,30D,36D. The molecule has 3 aliphatic rings. The molecule has 0 spiro atoms. The van der Waals surface area contributed by atoms with Crippen LogP contribution in [0.25, 0.3) is 49.7 Å². The van der Waals surface area contributed by atoms with Crippen LogP contribution in [0.1, 0.15) is 50.7 Å². The van der Waals surface area contributed by atoms with Crippen LogP contribution in [0.15, 0.2) is 249 Å². The maximum absolute atomic E-state index is 9.48. The summed E-state index contributed by atoms with van der Waals surface area (Å²) < 4.78 is 38.6. The molecule has 0 fully saturated rings. The molecule has 0 radical (unpaired) electrons. The molecule has 1 aromatic heterocycles. The van der Waals surface area contributed by atoms with Crippen molar-refractivity contribution in [2.75, 3.05) is 0 Å². The van der Waals surface area contributed by atoms with Gasteiger partial charge in [0, 0.05) is 22.6 Å². The summed E-state index contributed by atoms with van der Waals surface area (Å²) in [5, 5.41) is 6.58. The lowest BCUT2D eigenvalue weighted by Crippen LogP contribution is -2.75. The average Bonchev–Trinajstić information content (AvgIpc) is 3.76. The summed E-state index contributed by atoms with van der Waals surface area (Å²) in [5.74, 6) is -0.276. The van der Waals surface area contributed by atoms with E-state index in [0.717, 1.165) is 16.6 Å². The van der Waals surface area contributed by atoms with E-state index in [2.05, 4.69) is 211 Å². The Kier molecular flexibility index (Phi) is 7.53. The zero-order valence-corrected chi connectivity index (χ0v) is 36.0. The topological polar surface area (TPSA) is 4.93 Å². The fourth-order valence-electron chi connectivity index (χ4n) is 11.5. The number of hydrogen-bond acceptors (Lipinski definition) is 0. The Morgan fingerprint density at radius 1 is 0.359 bits per heavy atom. The minimum absolute atomic E-state index is 0.0191. The van der Waals surface area contributed by atoms with E-state index in [9.17, 15) is 2.74 Å². The van der Waals surface area contributed by atoms with Crippen molar-refractivity contribution >= 4 is 50.6 Å². The van der Waals surface area contributed by atoms with E-state index in [4.69, 9.17) is 2.74 Å². The van der Waals surface area contributed by atoms with Crippen LogP contribution in [0.2, 0.25) is 0 Å². The summed E-state index contributed by atoms with van der Waals surface area (Å²) in [5.41, 5.74) is 14.6. The van der Waals surface area contributed by atoms with Gasteiger partial charge < -0.3 is 4.57 Å². The number of benzene rings is 10. The molecule has 2 bridgehead atoms. The first kappa shape index (κ1) is 32.9. The Bertz CT molecular complexity index is 3730. The SMILES string of the molecule is [2H]c1c([2H])c([2H])c2c(c1[2H])c1ccccc1n2-c1cccc2c1C1c3ccccc3C2c2cccc([Si](c3ccccc3)(c3cccc(-c4ccccc4)c3)c3cccc(-c4ccccc4)c3)c21. The van der Waals surface area contributed by atoms with Crippen LogP contribution in [0, 0.1) is 0 Å². The maximum atomic E-state index is 9.48. The van der Waals surface area contributed by atoms with Gasteiger partial charge in [-0.15, -0.1) is 0 Å². The third-order valence-electron chi connectivity index (χ3n) is 14.0. The van der Waals surface area contributed by atoms with E-state index >= 15 is 0 Å². The number of para-hydroxylation sites is 2. The van der Waals surface area contributed by atoms with Gasteiger partial charge in [0.25, 0.3) is 0 Å². The van der Waals surface area contributed by atoms with Crippen molar-refractivity contribution in [3.05, 3.63) is 282 Å². The van der Waals surface area contributed by atoms with Crippen LogP contribution in [-0.2, 0) is 0 Å². The van der Waals surface area contributed by atoms with E-state index in [1.54, 1.807) is 0 Å². The van der Waals surface area contributed by atoms with E-state index in [1.807, 2.05) is 18.2 Å². The van der Waals surface area contributed by atoms with Gasteiger partial charge in [-0.25, -0.2) is 0 Å². The second kappa shape index (κ2) is 14.7. The molecule has 0 aliphatic heterocycles. The summed E-state index contributed by atoms with van der Waals surface area (Å²) in [7, 11) is -3.30. The summed E-state index contributed by atoms with van der Waals surface area (Å²) in [6, 6.07) is 81.5. The third-order valence-corrected chi connectivity index (χ3v) is 18.8. The summed E-state index contributed by atoms with van der Waals surface area (Å²) in [6.07, 6.45) is 0. The highest BCUT2D eigenvalue weighted by atomic mass is 28.3.